The van der Waals surface area contributed by atoms with E-state index in [4.69, 9.17) is 19.4 Å². The predicted octanol–water partition coefficient (Wildman–Crippen LogP) is 8.38. The Bertz CT molecular complexity index is 2190. The highest BCUT2D eigenvalue weighted by molar-refractivity contribution is 6.20. The van der Waals surface area contributed by atoms with Crippen LogP contribution in [0.1, 0.15) is 0 Å². The molecule has 0 bridgehead atoms. The fourth-order valence-electron chi connectivity index (χ4n) is 5.30. The molecular formula is C35H21N5O. The third-order valence-corrected chi connectivity index (χ3v) is 7.28. The molecule has 3 heterocycles. The predicted molar refractivity (Wildman–Crippen MR) is 162 cm³/mol. The van der Waals surface area contributed by atoms with Crippen LogP contribution in [0.5, 0.6) is 0 Å². The Labute approximate surface area is 235 Å². The molecule has 6 nitrogen and oxygen atoms in total. The molecule has 0 fully saturated rings. The minimum absolute atomic E-state index is 0.524. The maximum Gasteiger partial charge on any atom is 0.167 e. The lowest BCUT2D eigenvalue weighted by Crippen LogP contribution is -2.00. The van der Waals surface area contributed by atoms with Gasteiger partial charge >= 0.3 is 0 Å². The van der Waals surface area contributed by atoms with Crippen LogP contribution in [0.2, 0.25) is 0 Å². The third-order valence-electron chi connectivity index (χ3n) is 7.28. The smallest absolute Gasteiger partial charge is 0.167 e. The molecule has 0 aliphatic carbocycles. The van der Waals surface area contributed by atoms with Gasteiger partial charge in [-0.15, -0.1) is 0 Å². The molecule has 0 amide bonds. The zero-order valence-electron chi connectivity index (χ0n) is 21.8. The minimum atomic E-state index is 0.524. The van der Waals surface area contributed by atoms with Crippen molar-refractivity contribution in [1.29, 1.82) is 0 Å². The van der Waals surface area contributed by atoms with Gasteiger partial charge in [0.25, 0.3) is 0 Å². The highest BCUT2D eigenvalue weighted by Gasteiger charge is 2.20. The van der Waals surface area contributed by atoms with Crippen molar-refractivity contribution >= 4 is 32.8 Å². The van der Waals surface area contributed by atoms with Crippen LogP contribution in [0.15, 0.2) is 132 Å². The number of para-hydroxylation sites is 1. The molecule has 192 valence electrons. The quantitative estimate of drug-likeness (QED) is 0.229. The maximum atomic E-state index is 6.44. The molecule has 8 aromatic rings. The SMILES string of the molecule is c1ccc(-c2ccc(-c3nc(-c4ccccc4)nc(-c4cc5cncnc5c5c4oc4ccccc45)n3)cc2)cc1. The van der Waals surface area contributed by atoms with Crippen molar-refractivity contribution in [3.05, 3.63) is 128 Å². The summed E-state index contributed by atoms with van der Waals surface area (Å²) in [6.07, 6.45) is 3.38. The normalized spacial score (nSPS) is 11.4. The summed E-state index contributed by atoms with van der Waals surface area (Å²) in [6, 6.07) is 38.6. The van der Waals surface area contributed by atoms with Crippen molar-refractivity contribution in [2.24, 2.45) is 0 Å². The summed E-state index contributed by atoms with van der Waals surface area (Å²) in [6.45, 7) is 0. The number of furan rings is 1. The summed E-state index contributed by atoms with van der Waals surface area (Å²) in [7, 11) is 0. The molecule has 41 heavy (non-hydrogen) atoms. The second-order valence-corrected chi connectivity index (χ2v) is 9.80. The van der Waals surface area contributed by atoms with Crippen LogP contribution in [0, 0.1) is 0 Å². The molecule has 0 saturated heterocycles. The van der Waals surface area contributed by atoms with Crippen molar-refractivity contribution in [2.45, 2.75) is 0 Å². The van der Waals surface area contributed by atoms with E-state index in [9.17, 15) is 0 Å². The summed E-state index contributed by atoms with van der Waals surface area (Å²) in [5.74, 6) is 1.70. The van der Waals surface area contributed by atoms with Gasteiger partial charge in [0.1, 0.15) is 17.5 Å². The first-order valence-corrected chi connectivity index (χ1v) is 13.3. The molecule has 0 saturated carbocycles. The van der Waals surface area contributed by atoms with Gasteiger partial charge in [0, 0.05) is 28.1 Å². The lowest BCUT2D eigenvalue weighted by Gasteiger charge is -2.10. The molecule has 5 aromatic carbocycles. The molecule has 0 aliphatic rings. The molecule has 0 unspecified atom stereocenters. The summed E-state index contributed by atoms with van der Waals surface area (Å²) < 4.78 is 6.44. The fourth-order valence-corrected chi connectivity index (χ4v) is 5.30. The van der Waals surface area contributed by atoms with E-state index in [1.165, 1.54) is 0 Å². The topological polar surface area (TPSA) is 77.6 Å². The molecule has 0 N–H and O–H groups in total. The van der Waals surface area contributed by atoms with Gasteiger partial charge in [0.2, 0.25) is 0 Å². The van der Waals surface area contributed by atoms with E-state index in [-0.39, 0.29) is 0 Å². The van der Waals surface area contributed by atoms with Crippen molar-refractivity contribution in [1.82, 2.24) is 24.9 Å². The number of fused-ring (bicyclic) bond motifs is 5. The molecule has 6 heteroatoms. The van der Waals surface area contributed by atoms with Crippen LogP contribution in [-0.4, -0.2) is 24.9 Å². The number of hydrogen-bond acceptors (Lipinski definition) is 6. The standard InChI is InChI=1S/C35H21N5O/c1-3-9-22(10-4-1)23-15-17-25(18-16-23)34-38-33(24-11-5-2-6-12-24)39-35(40-34)28-19-26-20-36-21-37-31(26)30-27-13-7-8-14-29(27)41-32(28)30/h1-21H. The number of nitrogens with zero attached hydrogens (tertiary/aromatic N) is 5. The van der Waals surface area contributed by atoms with Crippen LogP contribution in [-0.2, 0) is 0 Å². The lowest BCUT2D eigenvalue weighted by atomic mass is 10.0. The van der Waals surface area contributed by atoms with Crippen LogP contribution in [0.4, 0.5) is 0 Å². The van der Waals surface area contributed by atoms with Crippen LogP contribution >= 0.6 is 0 Å². The maximum absolute atomic E-state index is 6.44. The Morgan fingerprint density at radius 2 is 1.12 bits per heavy atom. The van der Waals surface area contributed by atoms with E-state index >= 15 is 0 Å². The van der Waals surface area contributed by atoms with E-state index in [2.05, 4.69) is 52.4 Å². The summed E-state index contributed by atoms with van der Waals surface area (Å²) in [4.78, 5) is 23.8. The molecule has 0 atom stereocenters. The molecule has 0 aliphatic heterocycles. The van der Waals surface area contributed by atoms with E-state index in [0.29, 0.717) is 23.1 Å². The summed E-state index contributed by atoms with van der Waals surface area (Å²) >= 11 is 0. The van der Waals surface area contributed by atoms with E-state index in [0.717, 1.165) is 55.1 Å². The third kappa shape index (κ3) is 4.01. The van der Waals surface area contributed by atoms with Gasteiger partial charge in [0.05, 0.1) is 16.5 Å². The Morgan fingerprint density at radius 1 is 0.537 bits per heavy atom. The Balaban J connectivity index is 1.37. The molecular weight excluding hydrogens is 506 g/mol. The molecule has 0 spiro atoms. The van der Waals surface area contributed by atoms with Gasteiger partial charge in [-0.05, 0) is 23.3 Å². The summed E-state index contributed by atoms with van der Waals surface area (Å²) in [5, 5.41) is 2.80. The van der Waals surface area contributed by atoms with Gasteiger partial charge in [-0.1, -0.05) is 103 Å². The van der Waals surface area contributed by atoms with Gasteiger partial charge in [-0.2, -0.15) is 0 Å². The Morgan fingerprint density at radius 3 is 1.88 bits per heavy atom. The van der Waals surface area contributed by atoms with Crippen molar-refractivity contribution in [3.8, 4) is 45.3 Å². The average molecular weight is 528 g/mol. The molecule has 3 aromatic heterocycles. The monoisotopic (exact) mass is 527 g/mol. The highest BCUT2D eigenvalue weighted by Crippen LogP contribution is 2.39. The van der Waals surface area contributed by atoms with Gasteiger partial charge in [-0.3, -0.25) is 0 Å². The van der Waals surface area contributed by atoms with Crippen LogP contribution in [0.25, 0.3) is 78.1 Å². The first kappa shape index (κ1) is 23.2. The zero-order chi connectivity index (χ0) is 27.2. The van der Waals surface area contributed by atoms with Crippen LogP contribution < -0.4 is 0 Å². The van der Waals surface area contributed by atoms with Crippen molar-refractivity contribution < 1.29 is 4.42 Å². The van der Waals surface area contributed by atoms with Crippen molar-refractivity contribution in [2.75, 3.05) is 0 Å². The molecule has 0 radical (unpaired) electrons. The number of aromatic nitrogens is 5. The largest absolute Gasteiger partial charge is 0.455 e. The first-order chi connectivity index (χ1) is 20.3. The molecule has 8 rings (SSSR count). The second-order valence-electron chi connectivity index (χ2n) is 9.80. The van der Waals surface area contributed by atoms with Gasteiger partial charge < -0.3 is 4.42 Å². The van der Waals surface area contributed by atoms with Crippen molar-refractivity contribution in [3.63, 3.8) is 0 Å². The van der Waals surface area contributed by atoms with E-state index in [1.807, 2.05) is 79.0 Å². The number of hydrogen-bond donors (Lipinski definition) is 0. The Hall–Kier alpha value is -5.75. The van der Waals surface area contributed by atoms with Gasteiger partial charge in [0.15, 0.2) is 17.5 Å². The lowest BCUT2D eigenvalue weighted by molar-refractivity contribution is 0.669. The first-order valence-electron chi connectivity index (χ1n) is 13.3. The van der Waals surface area contributed by atoms with Gasteiger partial charge in [-0.25, -0.2) is 24.9 Å². The fraction of sp³-hybridized carbons (Fsp3) is 0. The number of rotatable bonds is 4. The van der Waals surface area contributed by atoms with E-state index in [1.54, 1.807) is 6.33 Å². The van der Waals surface area contributed by atoms with Crippen LogP contribution in [0.3, 0.4) is 0 Å². The zero-order valence-corrected chi connectivity index (χ0v) is 21.8. The highest BCUT2D eigenvalue weighted by atomic mass is 16.3. The minimum Gasteiger partial charge on any atom is -0.455 e. The average Bonchev–Trinajstić information content (AvgIpc) is 3.45. The second kappa shape index (κ2) is 9.47. The number of benzene rings is 5. The van der Waals surface area contributed by atoms with E-state index < -0.39 is 0 Å². The summed E-state index contributed by atoms with van der Waals surface area (Å²) in [5.41, 5.74) is 7.16. The Kier molecular flexibility index (Phi) is 5.35.